The van der Waals surface area contributed by atoms with Crippen LogP contribution in [0.4, 0.5) is 4.79 Å². The number of hydrogen-bond donors (Lipinski definition) is 1. The lowest BCUT2D eigenvalue weighted by Crippen LogP contribution is -2.46. The number of oxazole rings is 1. The van der Waals surface area contributed by atoms with Gasteiger partial charge in [0.05, 0.1) is 12.5 Å². The molecule has 2 aliphatic rings. The molecule has 0 aliphatic carbocycles. The predicted octanol–water partition coefficient (Wildman–Crippen LogP) is 2.75. The number of ether oxygens (including phenoxy) is 1. The Hall–Kier alpha value is -2.08. The first-order valence-electron chi connectivity index (χ1n) is 8.75. The molecule has 2 saturated heterocycles. The highest BCUT2D eigenvalue weighted by Gasteiger charge is 2.28. The van der Waals surface area contributed by atoms with E-state index >= 15 is 0 Å². The number of likely N-dealkylation sites (tertiary alicyclic amines) is 1. The van der Waals surface area contributed by atoms with Crippen molar-refractivity contribution in [2.45, 2.75) is 25.2 Å². The smallest absolute Gasteiger partial charge is 0.317 e. The highest BCUT2D eigenvalue weighted by molar-refractivity contribution is 5.74. The predicted molar refractivity (Wildman–Crippen MR) is 89.9 cm³/mol. The maximum Gasteiger partial charge on any atom is 0.317 e. The van der Waals surface area contributed by atoms with Gasteiger partial charge in [0.25, 0.3) is 0 Å². The Labute approximate surface area is 141 Å². The molecule has 128 valence electrons. The number of urea groups is 1. The third-order valence-corrected chi connectivity index (χ3v) is 4.93. The summed E-state index contributed by atoms with van der Waals surface area (Å²) >= 11 is 0. The lowest BCUT2D eigenvalue weighted by Gasteiger charge is -2.31. The molecule has 1 aromatic heterocycles. The third kappa shape index (κ3) is 3.24. The van der Waals surface area contributed by atoms with Crippen LogP contribution in [0.1, 0.15) is 31.1 Å². The molecule has 0 unspecified atom stereocenters. The van der Waals surface area contributed by atoms with E-state index in [1.165, 1.54) is 0 Å². The third-order valence-electron chi connectivity index (χ3n) is 4.93. The minimum Gasteiger partial charge on any atom is -0.440 e. The molecule has 0 radical (unpaired) electrons. The largest absolute Gasteiger partial charge is 0.440 e. The number of para-hydroxylation sites is 2. The number of benzene rings is 1. The van der Waals surface area contributed by atoms with Crippen LogP contribution in [0, 0.1) is 5.92 Å². The van der Waals surface area contributed by atoms with Crippen LogP contribution in [-0.4, -0.2) is 48.8 Å². The lowest BCUT2D eigenvalue weighted by atomic mass is 9.98. The van der Waals surface area contributed by atoms with Gasteiger partial charge in [-0.3, -0.25) is 0 Å². The van der Waals surface area contributed by atoms with Gasteiger partial charge in [0.1, 0.15) is 5.52 Å². The number of nitrogens with one attached hydrogen (secondary N) is 1. The quantitative estimate of drug-likeness (QED) is 0.940. The monoisotopic (exact) mass is 329 g/mol. The first-order chi connectivity index (χ1) is 11.8. The number of fused-ring (bicyclic) bond motifs is 1. The summed E-state index contributed by atoms with van der Waals surface area (Å²) in [6.07, 6.45) is 3.02. The number of carbonyl (C=O) groups excluding carboxylic acids is 1. The number of rotatable bonds is 3. The van der Waals surface area contributed by atoms with Crippen LogP contribution in [0.3, 0.4) is 0 Å². The van der Waals surface area contributed by atoms with Gasteiger partial charge in [-0.1, -0.05) is 12.1 Å². The Balaban J connectivity index is 1.38. The number of nitrogens with zero attached hydrogens (tertiary/aromatic N) is 2. The van der Waals surface area contributed by atoms with E-state index in [9.17, 15) is 4.79 Å². The highest BCUT2D eigenvalue weighted by atomic mass is 16.5. The van der Waals surface area contributed by atoms with E-state index in [0.717, 1.165) is 56.0 Å². The van der Waals surface area contributed by atoms with Gasteiger partial charge in [-0.25, -0.2) is 9.78 Å². The summed E-state index contributed by atoms with van der Waals surface area (Å²) in [4.78, 5) is 18.9. The van der Waals surface area contributed by atoms with Crippen molar-refractivity contribution in [2.24, 2.45) is 5.92 Å². The van der Waals surface area contributed by atoms with Gasteiger partial charge in [0.2, 0.25) is 0 Å². The molecule has 1 aromatic carbocycles. The maximum atomic E-state index is 12.4. The maximum absolute atomic E-state index is 12.4. The fourth-order valence-corrected chi connectivity index (χ4v) is 3.52. The second-order valence-electron chi connectivity index (χ2n) is 6.72. The highest BCUT2D eigenvalue weighted by Crippen LogP contribution is 2.29. The van der Waals surface area contributed by atoms with Gasteiger partial charge in [0.15, 0.2) is 11.5 Å². The molecule has 2 atom stereocenters. The van der Waals surface area contributed by atoms with Crippen molar-refractivity contribution in [2.75, 3.05) is 32.8 Å². The van der Waals surface area contributed by atoms with Gasteiger partial charge < -0.3 is 19.4 Å². The molecule has 0 saturated carbocycles. The molecule has 2 aliphatic heterocycles. The first kappa shape index (κ1) is 15.4. The van der Waals surface area contributed by atoms with Gasteiger partial charge in [-0.15, -0.1) is 0 Å². The SMILES string of the molecule is O=C(NC[C@@H]1CCOC1)N1CCC[C@H](c2nc3ccccc3o2)C1. The van der Waals surface area contributed by atoms with Crippen LogP contribution in [0.5, 0.6) is 0 Å². The van der Waals surface area contributed by atoms with E-state index in [1.807, 2.05) is 29.2 Å². The Bertz CT molecular complexity index is 675. The van der Waals surface area contributed by atoms with Crippen molar-refractivity contribution < 1.29 is 13.9 Å². The topological polar surface area (TPSA) is 67.6 Å². The summed E-state index contributed by atoms with van der Waals surface area (Å²) in [5, 5.41) is 3.05. The molecule has 2 amide bonds. The minimum atomic E-state index is 0.0164. The molecule has 6 heteroatoms. The average Bonchev–Trinajstić information content (AvgIpc) is 3.29. The minimum absolute atomic E-state index is 0.0164. The zero-order chi connectivity index (χ0) is 16.4. The van der Waals surface area contributed by atoms with Gasteiger partial charge >= 0.3 is 6.03 Å². The van der Waals surface area contributed by atoms with Crippen molar-refractivity contribution >= 4 is 17.1 Å². The number of carbonyl (C=O) groups is 1. The first-order valence-corrected chi connectivity index (χ1v) is 8.75. The van der Waals surface area contributed by atoms with Crippen LogP contribution in [0.15, 0.2) is 28.7 Å². The normalized spacial score (nSPS) is 24.4. The molecule has 2 aromatic rings. The number of piperidine rings is 1. The van der Waals surface area contributed by atoms with E-state index in [0.29, 0.717) is 19.0 Å². The molecule has 24 heavy (non-hydrogen) atoms. The van der Waals surface area contributed by atoms with E-state index in [1.54, 1.807) is 0 Å². The Morgan fingerprint density at radius 2 is 2.25 bits per heavy atom. The molecule has 3 heterocycles. The second-order valence-corrected chi connectivity index (χ2v) is 6.72. The van der Waals surface area contributed by atoms with Crippen molar-refractivity contribution in [1.82, 2.24) is 15.2 Å². The summed E-state index contributed by atoms with van der Waals surface area (Å²) in [6, 6.07) is 7.82. The Kier molecular flexibility index (Phi) is 4.38. The van der Waals surface area contributed by atoms with Crippen LogP contribution < -0.4 is 5.32 Å². The fraction of sp³-hybridized carbons (Fsp3) is 0.556. The number of aromatic nitrogens is 1. The summed E-state index contributed by atoms with van der Waals surface area (Å²) in [6.45, 7) is 3.72. The molecule has 1 N–H and O–H groups in total. The van der Waals surface area contributed by atoms with E-state index < -0.39 is 0 Å². The van der Waals surface area contributed by atoms with Crippen molar-refractivity contribution in [3.63, 3.8) is 0 Å². The zero-order valence-corrected chi connectivity index (χ0v) is 13.7. The summed E-state index contributed by atoms with van der Waals surface area (Å²) < 4.78 is 11.2. The molecular formula is C18H23N3O3. The molecular weight excluding hydrogens is 306 g/mol. The summed E-state index contributed by atoms with van der Waals surface area (Å²) in [7, 11) is 0. The van der Waals surface area contributed by atoms with Gasteiger partial charge in [0, 0.05) is 32.2 Å². The van der Waals surface area contributed by atoms with Gasteiger partial charge in [-0.2, -0.15) is 0 Å². The Morgan fingerprint density at radius 3 is 3.08 bits per heavy atom. The lowest BCUT2D eigenvalue weighted by molar-refractivity contribution is 0.169. The summed E-state index contributed by atoms with van der Waals surface area (Å²) in [5.74, 6) is 1.37. The molecule has 0 spiro atoms. The number of hydrogen-bond acceptors (Lipinski definition) is 4. The zero-order valence-electron chi connectivity index (χ0n) is 13.7. The molecule has 4 rings (SSSR count). The Morgan fingerprint density at radius 1 is 1.33 bits per heavy atom. The van der Waals surface area contributed by atoms with Crippen LogP contribution in [-0.2, 0) is 4.74 Å². The molecule has 0 bridgehead atoms. The second kappa shape index (κ2) is 6.81. The fourth-order valence-electron chi connectivity index (χ4n) is 3.52. The van der Waals surface area contributed by atoms with Crippen molar-refractivity contribution in [3.8, 4) is 0 Å². The van der Waals surface area contributed by atoms with Crippen LogP contribution >= 0.6 is 0 Å². The van der Waals surface area contributed by atoms with Crippen molar-refractivity contribution in [3.05, 3.63) is 30.2 Å². The molecule has 2 fully saturated rings. The number of amides is 2. The van der Waals surface area contributed by atoms with E-state index in [-0.39, 0.29) is 11.9 Å². The standard InChI is InChI=1S/C18H23N3O3/c22-18(19-10-13-7-9-23-12-13)21-8-3-4-14(11-21)17-20-15-5-1-2-6-16(15)24-17/h1-2,5-6,13-14H,3-4,7-12H2,(H,19,22)/t13-,14-/m0/s1. The average molecular weight is 329 g/mol. The van der Waals surface area contributed by atoms with Gasteiger partial charge in [-0.05, 0) is 31.4 Å². The summed E-state index contributed by atoms with van der Waals surface area (Å²) in [5.41, 5.74) is 1.70. The van der Waals surface area contributed by atoms with Crippen molar-refractivity contribution in [1.29, 1.82) is 0 Å². The van der Waals surface area contributed by atoms with Crippen LogP contribution in [0.25, 0.3) is 11.1 Å². The molecule has 6 nitrogen and oxygen atoms in total. The van der Waals surface area contributed by atoms with Crippen LogP contribution in [0.2, 0.25) is 0 Å². The van der Waals surface area contributed by atoms with E-state index in [4.69, 9.17) is 9.15 Å². The van der Waals surface area contributed by atoms with E-state index in [2.05, 4.69) is 10.3 Å².